The van der Waals surface area contributed by atoms with Gasteiger partial charge in [0.05, 0.1) is 6.21 Å². The highest BCUT2D eigenvalue weighted by atomic mass is 79.9. The SMILES string of the molecule is Fc1ccc(Cc2n[nH]c(=S)n2/N=C\c2ccccc2Br)cc1. The van der Waals surface area contributed by atoms with Gasteiger partial charge in [0.15, 0.2) is 5.82 Å². The summed E-state index contributed by atoms with van der Waals surface area (Å²) in [5.41, 5.74) is 1.86. The van der Waals surface area contributed by atoms with Crippen molar-refractivity contribution in [3.63, 3.8) is 0 Å². The number of benzene rings is 2. The van der Waals surface area contributed by atoms with E-state index in [1.807, 2.05) is 24.3 Å². The van der Waals surface area contributed by atoms with Crippen molar-refractivity contribution in [1.82, 2.24) is 14.9 Å². The molecule has 0 atom stereocenters. The summed E-state index contributed by atoms with van der Waals surface area (Å²) >= 11 is 8.69. The van der Waals surface area contributed by atoms with E-state index < -0.39 is 0 Å². The molecule has 0 spiro atoms. The quantitative estimate of drug-likeness (QED) is 0.532. The molecule has 1 heterocycles. The number of H-pyrrole nitrogens is 1. The van der Waals surface area contributed by atoms with Gasteiger partial charge in [0.1, 0.15) is 5.82 Å². The molecule has 4 nitrogen and oxygen atoms in total. The highest BCUT2D eigenvalue weighted by Gasteiger charge is 2.06. The lowest BCUT2D eigenvalue weighted by Crippen LogP contribution is -2.00. The molecule has 0 fully saturated rings. The zero-order valence-electron chi connectivity index (χ0n) is 11.9. The second-order valence-corrected chi connectivity index (χ2v) is 6.07. The predicted molar refractivity (Wildman–Crippen MR) is 93.8 cm³/mol. The van der Waals surface area contributed by atoms with Gasteiger partial charge in [-0.2, -0.15) is 14.9 Å². The van der Waals surface area contributed by atoms with Crippen LogP contribution in [0.15, 0.2) is 58.1 Å². The molecule has 0 aliphatic carbocycles. The first-order valence-electron chi connectivity index (χ1n) is 6.83. The Morgan fingerprint density at radius 3 is 2.70 bits per heavy atom. The summed E-state index contributed by atoms with van der Waals surface area (Å²) in [6.07, 6.45) is 2.21. The molecule has 0 bridgehead atoms. The summed E-state index contributed by atoms with van der Waals surface area (Å²) in [7, 11) is 0. The van der Waals surface area contributed by atoms with Crippen molar-refractivity contribution in [2.75, 3.05) is 0 Å². The van der Waals surface area contributed by atoms with E-state index in [2.05, 4.69) is 31.2 Å². The summed E-state index contributed by atoms with van der Waals surface area (Å²) < 4.78 is 15.9. The van der Waals surface area contributed by atoms with E-state index in [0.29, 0.717) is 17.0 Å². The third kappa shape index (κ3) is 3.80. The number of rotatable bonds is 4. The van der Waals surface area contributed by atoms with Gasteiger partial charge in [0.25, 0.3) is 0 Å². The molecule has 7 heteroatoms. The standard InChI is InChI=1S/C16H12BrFN4S/c17-14-4-2-1-3-12(14)10-19-22-15(20-21-16(22)23)9-11-5-7-13(18)8-6-11/h1-8,10H,9H2,(H,21,23)/b19-10-. The lowest BCUT2D eigenvalue weighted by molar-refractivity contribution is 0.627. The normalized spacial score (nSPS) is 11.2. The zero-order chi connectivity index (χ0) is 16.2. The molecule has 3 rings (SSSR count). The van der Waals surface area contributed by atoms with Crippen LogP contribution in [-0.4, -0.2) is 21.1 Å². The van der Waals surface area contributed by atoms with Crippen molar-refractivity contribution in [1.29, 1.82) is 0 Å². The number of hydrogen-bond donors (Lipinski definition) is 1. The molecular weight excluding hydrogens is 379 g/mol. The highest BCUT2D eigenvalue weighted by Crippen LogP contribution is 2.14. The molecule has 23 heavy (non-hydrogen) atoms. The van der Waals surface area contributed by atoms with Crippen molar-refractivity contribution < 1.29 is 4.39 Å². The average molecular weight is 391 g/mol. The molecule has 116 valence electrons. The van der Waals surface area contributed by atoms with Crippen LogP contribution in [0.25, 0.3) is 0 Å². The van der Waals surface area contributed by atoms with Gasteiger partial charge in [0, 0.05) is 16.5 Å². The first-order valence-corrected chi connectivity index (χ1v) is 8.03. The van der Waals surface area contributed by atoms with E-state index in [-0.39, 0.29) is 5.82 Å². The van der Waals surface area contributed by atoms with E-state index in [9.17, 15) is 4.39 Å². The Kier molecular flexibility index (Phi) is 4.78. The maximum atomic E-state index is 13.0. The molecule has 3 aromatic rings. The Bertz CT molecular complexity index is 899. The fourth-order valence-corrected chi connectivity index (χ4v) is 2.63. The van der Waals surface area contributed by atoms with Crippen molar-refractivity contribution >= 4 is 34.4 Å². The second kappa shape index (κ2) is 6.97. The van der Waals surface area contributed by atoms with E-state index in [4.69, 9.17) is 12.2 Å². The molecule has 0 saturated heterocycles. The fraction of sp³-hybridized carbons (Fsp3) is 0.0625. The van der Waals surface area contributed by atoms with Crippen LogP contribution in [0.2, 0.25) is 0 Å². The van der Waals surface area contributed by atoms with Crippen LogP contribution >= 0.6 is 28.1 Å². The Balaban J connectivity index is 1.88. The molecule has 0 amide bonds. The summed E-state index contributed by atoms with van der Waals surface area (Å²) in [6.45, 7) is 0. The number of halogens is 2. The molecule has 1 aromatic heterocycles. The average Bonchev–Trinajstić information content (AvgIpc) is 2.89. The number of aromatic amines is 1. The minimum Gasteiger partial charge on any atom is -0.250 e. The maximum absolute atomic E-state index is 13.0. The third-order valence-corrected chi connectivity index (χ3v) is 4.20. The summed E-state index contributed by atoms with van der Waals surface area (Å²) in [6, 6.07) is 14.0. The molecular formula is C16H12BrFN4S. The van der Waals surface area contributed by atoms with Crippen molar-refractivity contribution in [2.45, 2.75) is 6.42 Å². The maximum Gasteiger partial charge on any atom is 0.216 e. The number of nitrogens with one attached hydrogen (secondary N) is 1. The van der Waals surface area contributed by atoms with Crippen molar-refractivity contribution in [2.24, 2.45) is 5.10 Å². The second-order valence-electron chi connectivity index (χ2n) is 4.83. The monoisotopic (exact) mass is 390 g/mol. The number of aromatic nitrogens is 3. The molecule has 1 N–H and O–H groups in total. The minimum absolute atomic E-state index is 0.264. The number of hydrogen-bond acceptors (Lipinski definition) is 3. The van der Waals surface area contributed by atoms with Crippen molar-refractivity contribution in [3.8, 4) is 0 Å². The molecule has 2 aromatic carbocycles. The Hall–Kier alpha value is -2.12. The molecule has 0 radical (unpaired) electrons. The fourth-order valence-electron chi connectivity index (χ4n) is 2.04. The lowest BCUT2D eigenvalue weighted by Gasteiger charge is -2.02. The highest BCUT2D eigenvalue weighted by molar-refractivity contribution is 9.10. The zero-order valence-corrected chi connectivity index (χ0v) is 14.3. The molecule has 0 aliphatic heterocycles. The van der Waals surface area contributed by atoms with Crippen LogP contribution in [-0.2, 0) is 6.42 Å². The molecule has 0 unspecified atom stereocenters. The van der Waals surface area contributed by atoms with Crippen LogP contribution in [0.5, 0.6) is 0 Å². The van der Waals surface area contributed by atoms with E-state index in [1.54, 1.807) is 23.0 Å². The Morgan fingerprint density at radius 1 is 1.22 bits per heavy atom. The first kappa shape index (κ1) is 15.8. The van der Waals surface area contributed by atoms with E-state index in [1.165, 1.54) is 12.1 Å². The van der Waals surface area contributed by atoms with Crippen LogP contribution in [0.4, 0.5) is 4.39 Å². The number of nitrogens with zero attached hydrogens (tertiary/aromatic N) is 3. The molecule has 0 aliphatic rings. The van der Waals surface area contributed by atoms with Gasteiger partial charge in [-0.15, -0.1) is 0 Å². The summed E-state index contributed by atoms with van der Waals surface area (Å²) in [5.74, 6) is 0.393. The topological polar surface area (TPSA) is 46.0 Å². The molecule has 0 saturated carbocycles. The minimum atomic E-state index is -0.264. The van der Waals surface area contributed by atoms with Gasteiger partial charge < -0.3 is 0 Å². The van der Waals surface area contributed by atoms with Crippen LogP contribution in [0.1, 0.15) is 17.0 Å². The van der Waals surface area contributed by atoms with Gasteiger partial charge in [-0.25, -0.2) is 4.39 Å². The van der Waals surface area contributed by atoms with Crippen molar-refractivity contribution in [3.05, 3.63) is 80.5 Å². The van der Waals surface area contributed by atoms with Crippen LogP contribution in [0.3, 0.4) is 0 Å². The van der Waals surface area contributed by atoms with Gasteiger partial charge in [-0.3, -0.25) is 5.10 Å². The predicted octanol–water partition coefficient (Wildman–Crippen LogP) is 4.32. The summed E-state index contributed by atoms with van der Waals surface area (Å²) in [5, 5.41) is 11.3. The third-order valence-electron chi connectivity index (χ3n) is 3.21. The van der Waals surface area contributed by atoms with E-state index in [0.717, 1.165) is 15.6 Å². The van der Waals surface area contributed by atoms with Crippen LogP contribution < -0.4 is 0 Å². The van der Waals surface area contributed by atoms with E-state index >= 15 is 0 Å². The van der Waals surface area contributed by atoms with Gasteiger partial charge >= 0.3 is 0 Å². The van der Waals surface area contributed by atoms with Gasteiger partial charge in [-0.05, 0) is 36.0 Å². The van der Waals surface area contributed by atoms with Gasteiger partial charge in [0.2, 0.25) is 4.77 Å². The lowest BCUT2D eigenvalue weighted by atomic mass is 10.1. The van der Waals surface area contributed by atoms with Gasteiger partial charge in [-0.1, -0.05) is 46.3 Å². The summed E-state index contributed by atoms with van der Waals surface area (Å²) in [4.78, 5) is 0. The largest absolute Gasteiger partial charge is 0.250 e. The smallest absolute Gasteiger partial charge is 0.216 e. The van der Waals surface area contributed by atoms with Crippen LogP contribution in [0, 0.1) is 10.6 Å². The first-order chi connectivity index (χ1) is 11.1. The Morgan fingerprint density at radius 2 is 1.96 bits per heavy atom. The Labute approximate surface area is 145 Å².